The molecule has 12 nitrogen and oxygen atoms in total. The Hall–Kier alpha value is -4.13. The molecule has 3 atom stereocenters. The Bertz CT molecular complexity index is 2070. The molecule has 0 radical (unpaired) electrons. The Morgan fingerprint density at radius 3 is 2.71 bits per heavy atom. The molecule has 1 amide bonds. The molecule has 48 heavy (non-hydrogen) atoms. The van der Waals surface area contributed by atoms with Crippen LogP contribution in [-0.2, 0) is 20.7 Å². The van der Waals surface area contributed by atoms with Crippen LogP contribution < -0.4 is 10.6 Å². The number of ether oxygens (including phenoxy) is 1. The molecular formula is C34H36Cl2N6O6. The topological polar surface area (TPSA) is 147 Å². The number of likely N-dealkylation sites (tertiary alicyclic amines) is 1. The number of carboxylic acid groups (broad SMARTS) is 1. The molecule has 5 aromatic rings. The highest BCUT2D eigenvalue weighted by Crippen LogP contribution is 2.37. The molecule has 0 aliphatic carbocycles. The van der Waals surface area contributed by atoms with Crippen LogP contribution in [0.15, 0.2) is 45.6 Å². The minimum absolute atomic E-state index is 0.0138. The van der Waals surface area contributed by atoms with E-state index in [1.54, 1.807) is 33.7 Å². The second-order valence-electron chi connectivity index (χ2n) is 12.7. The molecule has 2 aromatic carbocycles. The van der Waals surface area contributed by atoms with E-state index in [1.165, 1.54) is 0 Å². The van der Waals surface area contributed by atoms with Crippen molar-refractivity contribution in [2.24, 2.45) is 5.92 Å². The fraction of sp³-hybridized carbons (Fsp3) is 0.441. The number of hydrogen-bond donors (Lipinski definition) is 2. The molecule has 0 unspecified atom stereocenters. The summed E-state index contributed by atoms with van der Waals surface area (Å²) in [6, 6.07) is 10.0. The maximum atomic E-state index is 13.1. The molecule has 2 aliphatic rings. The number of nitrogens with zero attached hydrogens (tertiary/aromatic N) is 5. The number of piperidine rings is 1. The van der Waals surface area contributed by atoms with Gasteiger partial charge in [-0.25, -0.2) is 19.6 Å². The van der Waals surface area contributed by atoms with E-state index in [-0.39, 0.29) is 23.6 Å². The van der Waals surface area contributed by atoms with E-state index >= 15 is 0 Å². The zero-order valence-corrected chi connectivity index (χ0v) is 28.0. The van der Waals surface area contributed by atoms with E-state index in [0.29, 0.717) is 109 Å². The number of aliphatic carboxylic acids is 1. The average molecular weight is 696 g/mol. The molecule has 2 fully saturated rings. The number of fused-ring (bicyclic) bond motifs is 4. The second-order valence-corrected chi connectivity index (χ2v) is 13.5. The first-order chi connectivity index (χ1) is 23.2. The summed E-state index contributed by atoms with van der Waals surface area (Å²) >= 11 is 12.3. The number of furan rings is 1. The van der Waals surface area contributed by atoms with Gasteiger partial charge in [-0.1, -0.05) is 30.1 Å². The fourth-order valence-electron chi connectivity index (χ4n) is 7.15. The van der Waals surface area contributed by atoms with E-state index in [9.17, 15) is 19.5 Å². The van der Waals surface area contributed by atoms with Gasteiger partial charge in [0, 0.05) is 66.6 Å². The number of benzene rings is 2. The van der Waals surface area contributed by atoms with E-state index in [1.807, 2.05) is 17.0 Å². The van der Waals surface area contributed by atoms with Crippen molar-refractivity contribution in [2.45, 2.75) is 57.5 Å². The van der Waals surface area contributed by atoms with Crippen LogP contribution in [0.4, 0.5) is 5.82 Å². The smallest absolute Gasteiger partial charge is 0.326 e. The first kappa shape index (κ1) is 32.4. The lowest BCUT2D eigenvalue weighted by atomic mass is 9.93. The maximum absolute atomic E-state index is 13.1. The van der Waals surface area contributed by atoms with Gasteiger partial charge in [-0.15, -0.1) is 0 Å². The number of nitrogens with one attached hydrogen (secondary N) is 1. The Morgan fingerprint density at radius 1 is 1.08 bits per heavy atom. The van der Waals surface area contributed by atoms with Crippen LogP contribution in [0, 0.1) is 5.92 Å². The summed E-state index contributed by atoms with van der Waals surface area (Å²) in [7, 11) is 0. The highest BCUT2D eigenvalue weighted by Gasteiger charge is 2.35. The van der Waals surface area contributed by atoms with Crippen molar-refractivity contribution in [3.8, 4) is 0 Å². The number of aromatic amines is 1. The van der Waals surface area contributed by atoms with Crippen LogP contribution in [0.3, 0.4) is 0 Å². The Labute approximate surface area is 285 Å². The lowest BCUT2D eigenvalue weighted by molar-refractivity contribution is -0.138. The highest BCUT2D eigenvalue weighted by atomic mass is 35.5. The Balaban J connectivity index is 0.942. The normalized spacial score (nSPS) is 20.0. The Morgan fingerprint density at radius 2 is 1.90 bits per heavy atom. The standard InChI is InChI=1S/C34H36Cl2N6O6/c1-19-18-40(13-10-24(19)42-25-9-7-20(35)16-23(25)37-34(42)46)29(43)5-3-14-47-15-11-28-38-30-22-8-6-21(36)17-27(22)48-31(30)32(39-28)41-12-2-4-26(41)33(44)45/h6-9,16-17,19,24,26H,2-5,10-15,18H2,1H3,(H,37,46)(H,44,45)/t19-,24-,26-/m0/s1. The van der Waals surface area contributed by atoms with Gasteiger partial charge in [-0.05, 0) is 61.9 Å². The van der Waals surface area contributed by atoms with Gasteiger partial charge in [0.2, 0.25) is 5.91 Å². The third kappa shape index (κ3) is 6.24. The molecular weight excluding hydrogens is 659 g/mol. The van der Waals surface area contributed by atoms with E-state index in [0.717, 1.165) is 17.3 Å². The first-order valence-corrected chi connectivity index (χ1v) is 17.1. The molecule has 14 heteroatoms. The van der Waals surface area contributed by atoms with Gasteiger partial charge in [0.15, 0.2) is 11.4 Å². The summed E-state index contributed by atoms with van der Waals surface area (Å²) in [5, 5.41) is 11.7. The van der Waals surface area contributed by atoms with Crippen molar-refractivity contribution in [1.82, 2.24) is 24.4 Å². The molecule has 0 bridgehead atoms. The molecule has 2 aliphatic heterocycles. The van der Waals surface area contributed by atoms with E-state index in [4.69, 9.17) is 42.3 Å². The molecule has 5 heterocycles. The van der Waals surface area contributed by atoms with Crippen molar-refractivity contribution in [3.05, 3.63) is 62.8 Å². The number of imidazole rings is 1. The largest absolute Gasteiger partial charge is 0.480 e. The van der Waals surface area contributed by atoms with Crippen molar-refractivity contribution < 1.29 is 23.8 Å². The van der Waals surface area contributed by atoms with Crippen LogP contribution in [0.5, 0.6) is 0 Å². The van der Waals surface area contributed by atoms with Crippen LogP contribution in [0.1, 0.15) is 50.9 Å². The van der Waals surface area contributed by atoms with Gasteiger partial charge in [-0.2, -0.15) is 0 Å². The highest BCUT2D eigenvalue weighted by molar-refractivity contribution is 6.31. The molecule has 2 N–H and O–H groups in total. The number of aromatic nitrogens is 4. The molecule has 7 rings (SSSR count). The molecule has 2 saturated heterocycles. The van der Waals surface area contributed by atoms with E-state index < -0.39 is 12.0 Å². The van der Waals surface area contributed by atoms with Crippen molar-refractivity contribution in [1.29, 1.82) is 0 Å². The summed E-state index contributed by atoms with van der Waals surface area (Å²) in [4.78, 5) is 53.9. The molecule has 3 aromatic heterocycles. The fourth-order valence-corrected chi connectivity index (χ4v) is 7.49. The van der Waals surface area contributed by atoms with Gasteiger partial charge >= 0.3 is 11.7 Å². The summed E-state index contributed by atoms with van der Waals surface area (Å²) < 4.78 is 13.8. The minimum atomic E-state index is -0.896. The monoisotopic (exact) mass is 694 g/mol. The number of rotatable bonds is 10. The lowest BCUT2D eigenvalue weighted by Crippen LogP contribution is -2.45. The number of anilines is 1. The SMILES string of the molecule is C[C@H]1CN(C(=O)CCCOCCc2nc(N3CCC[C@H]3C(=O)O)c3oc4cc(Cl)ccc4c3n2)CC[C@@H]1n1c(=O)[nH]c2cc(Cl)ccc21. The molecule has 252 valence electrons. The van der Waals surface area contributed by atoms with E-state index in [2.05, 4.69) is 11.9 Å². The molecule has 0 spiro atoms. The van der Waals surface area contributed by atoms with Crippen molar-refractivity contribution in [2.75, 3.05) is 37.7 Å². The van der Waals surface area contributed by atoms with Gasteiger partial charge < -0.3 is 29.0 Å². The van der Waals surface area contributed by atoms with Crippen LogP contribution in [-0.4, -0.2) is 80.3 Å². The predicted molar refractivity (Wildman–Crippen MR) is 183 cm³/mol. The number of H-pyrrole nitrogens is 1. The first-order valence-electron chi connectivity index (χ1n) is 16.3. The maximum Gasteiger partial charge on any atom is 0.326 e. The number of hydrogen-bond acceptors (Lipinski definition) is 8. The third-order valence-electron chi connectivity index (χ3n) is 9.49. The number of carboxylic acids is 1. The third-order valence-corrected chi connectivity index (χ3v) is 9.96. The minimum Gasteiger partial charge on any atom is -0.480 e. The summed E-state index contributed by atoms with van der Waals surface area (Å²) in [5.74, 6) is 0.272. The van der Waals surface area contributed by atoms with Gasteiger partial charge in [-0.3, -0.25) is 9.36 Å². The van der Waals surface area contributed by atoms with Crippen LogP contribution in [0.25, 0.3) is 33.1 Å². The lowest BCUT2D eigenvalue weighted by Gasteiger charge is -2.37. The second kappa shape index (κ2) is 13.4. The zero-order valence-electron chi connectivity index (χ0n) is 26.5. The molecule has 0 saturated carbocycles. The number of carbonyl (C=O) groups excluding carboxylic acids is 1. The zero-order chi connectivity index (χ0) is 33.5. The average Bonchev–Trinajstić information content (AvgIpc) is 3.77. The van der Waals surface area contributed by atoms with Gasteiger partial charge in [0.25, 0.3) is 0 Å². The summed E-state index contributed by atoms with van der Waals surface area (Å²) in [6.45, 7) is 4.53. The van der Waals surface area contributed by atoms with Crippen LogP contribution >= 0.6 is 23.2 Å². The Kier molecular flexibility index (Phi) is 9.06. The van der Waals surface area contributed by atoms with Gasteiger partial charge in [0.05, 0.1) is 17.6 Å². The summed E-state index contributed by atoms with van der Waals surface area (Å²) in [5.41, 5.74) is 2.99. The van der Waals surface area contributed by atoms with Crippen LogP contribution in [0.2, 0.25) is 10.0 Å². The number of carbonyl (C=O) groups is 2. The van der Waals surface area contributed by atoms with Gasteiger partial charge in [0.1, 0.15) is 23.0 Å². The quantitative estimate of drug-likeness (QED) is 0.172. The number of amides is 1. The van der Waals surface area contributed by atoms with Crippen molar-refractivity contribution in [3.63, 3.8) is 0 Å². The summed E-state index contributed by atoms with van der Waals surface area (Å²) in [6.07, 6.45) is 3.30. The number of halogens is 2. The van der Waals surface area contributed by atoms with Crippen molar-refractivity contribution >= 4 is 74.0 Å². The predicted octanol–water partition coefficient (Wildman–Crippen LogP) is 5.83.